The van der Waals surface area contributed by atoms with Crippen LogP contribution in [0.15, 0.2) is 48.3 Å². The number of hydrogen-bond donors (Lipinski definition) is 5. The lowest BCUT2D eigenvalue weighted by molar-refractivity contribution is 0.252. The Morgan fingerprint density at radius 2 is 2.19 bits per heavy atom. The lowest BCUT2D eigenvalue weighted by Crippen LogP contribution is -2.34. The Labute approximate surface area is 186 Å². The topological polar surface area (TPSA) is 103 Å². The third kappa shape index (κ3) is 5.53. The maximum absolute atomic E-state index is 12.3. The number of fused-ring (bicyclic) bond motifs is 6. The van der Waals surface area contributed by atoms with Gasteiger partial charge in [0, 0.05) is 30.2 Å². The standard InChI is InChI=1S/C22H26ClN7O/c1-24-9-10-25-22(31)29-19-8-7-17-12-15(19)6-5-14-3-2-4-16(11-14)28-21-26-13-18(23)20(27-17)30-21/h2-4,7-8,12-14,24H,5-6,9-11H2,1H3,(H2,25,29,31)(H2,26,27,28,30). The number of carbonyl (C=O) groups excluding carboxylic acids is 1. The lowest BCUT2D eigenvalue weighted by Gasteiger charge is -2.20. The molecule has 162 valence electrons. The molecule has 6 bridgehead atoms. The van der Waals surface area contributed by atoms with E-state index in [-0.39, 0.29) is 6.03 Å². The summed E-state index contributed by atoms with van der Waals surface area (Å²) in [6, 6.07) is 5.63. The van der Waals surface area contributed by atoms with Crippen LogP contribution in [0.3, 0.4) is 0 Å². The fourth-order valence-corrected chi connectivity index (χ4v) is 3.78. The molecular formula is C22H26ClN7O. The molecule has 0 saturated carbocycles. The number of amides is 2. The fourth-order valence-electron chi connectivity index (χ4n) is 3.64. The van der Waals surface area contributed by atoms with Gasteiger partial charge in [-0.15, -0.1) is 0 Å². The van der Waals surface area contributed by atoms with Crippen molar-refractivity contribution in [1.29, 1.82) is 0 Å². The van der Waals surface area contributed by atoms with Gasteiger partial charge in [-0.2, -0.15) is 4.98 Å². The summed E-state index contributed by atoms with van der Waals surface area (Å²) in [7, 11) is 1.85. The van der Waals surface area contributed by atoms with E-state index in [0.29, 0.717) is 35.8 Å². The van der Waals surface area contributed by atoms with Crippen LogP contribution in [0.2, 0.25) is 5.02 Å². The van der Waals surface area contributed by atoms with Gasteiger partial charge < -0.3 is 26.6 Å². The van der Waals surface area contributed by atoms with Crippen molar-refractivity contribution in [3.05, 3.63) is 58.9 Å². The predicted octanol–water partition coefficient (Wildman–Crippen LogP) is 4.03. The summed E-state index contributed by atoms with van der Waals surface area (Å²) in [5.41, 5.74) is 3.76. The van der Waals surface area contributed by atoms with Gasteiger partial charge in [0.2, 0.25) is 5.95 Å². The number of nitrogens with one attached hydrogen (secondary N) is 5. The Kier molecular flexibility index (Phi) is 6.69. The number of anilines is 4. The number of nitrogens with zero attached hydrogens (tertiary/aromatic N) is 2. The molecule has 0 saturated heterocycles. The number of hydrogen-bond acceptors (Lipinski definition) is 6. The van der Waals surface area contributed by atoms with E-state index in [2.05, 4.69) is 48.7 Å². The third-order valence-corrected chi connectivity index (χ3v) is 5.52. The Bertz CT molecular complexity index is 1020. The van der Waals surface area contributed by atoms with E-state index in [9.17, 15) is 4.79 Å². The molecule has 4 rings (SSSR count). The summed E-state index contributed by atoms with van der Waals surface area (Å²) >= 11 is 6.32. The summed E-state index contributed by atoms with van der Waals surface area (Å²) < 4.78 is 0. The molecule has 9 heteroatoms. The van der Waals surface area contributed by atoms with Crippen LogP contribution in [0, 0.1) is 5.92 Å². The largest absolute Gasteiger partial charge is 0.339 e. The number of aromatic nitrogens is 2. The van der Waals surface area contributed by atoms with Crippen molar-refractivity contribution in [3.63, 3.8) is 0 Å². The van der Waals surface area contributed by atoms with Crippen molar-refractivity contribution < 1.29 is 4.79 Å². The number of likely N-dealkylation sites (N-methyl/N-ethyl adjacent to an activating group) is 1. The van der Waals surface area contributed by atoms with Crippen LogP contribution in [0.25, 0.3) is 0 Å². The second-order valence-electron chi connectivity index (χ2n) is 7.58. The number of benzene rings is 1. The van der Waals surface area contributed by atoms with Crippen molar-refractivity contribution in [1.82, 2.24) is 20.6 Å². The van der Waals surface area contributed by atoms with Gasteiger partial charge in [0.05, 0.1) is 6.20 Å². The SMILES string of the molecule is CNCCNC(=O)Nc1ccc2cc1CCC1C=CC=C(C1)Nc1ncc(Cl)c(n1)N2. The summed E-state index contributed by atoms with van der Waals surface area (Å²) in [4.78, 5) is 21.1. The van der Waals surface area contributed by atoms with Crippen molar-refractivity contribution in [2.75, 3.05) is 36.1 Å². The lowest BCUT2D eigenvalue weighted by atomic mass is 9.91. The van der Waals surface area contributed by atoms with E-state index in [1.165, 1.54) is 0 Å². The first-order chi connectivity index (χ1) is 15.1. The highest BCUT2D eigenvalue weighted by molar-refractivity contribution is 6.32. The molecular weight excluding hydrogens is 414 g/mol. The summed E-state index contributed by atoms with van der Waals surface area (Å²) in [5, 5.41) is 15.9. The molecule has 0 radical (unpaired) electrons. The predicted molar refractivity (Wildman–Crippen MR) is 125 cm³/mol. The average Bonchev–Trinajstić information content (AvgIpc) is 2.76. The molecule has 1 unspecified atom stereocenters. The number of rotatable bonds is 4. The molecule has 2 amide bonds. The Balaban J connectivity index is 1.63. The number of aryl methyl sites for hydroxylation is 1. The molecule has 0 spiro atoms. The minimum Gasteiger partial charge on any atom is -0.339 e. The monoisotopic (exact) mass is 439 g/mol. The van der Waals surface area contributed by atoms with Gasteiger partial charge in [0.15, 0.2) is 5.82 Å². The van der Waals surface area contributed by atoms with Crippen molar-refractivity contribution in [3.8, 4) is 0 Å². The highest BCUT2D eigenvalue weighted by atomic mass is 35.5. The number of allylic oxidation sites excluding steroid dienone is 4. The van der Waals surface area contributed by atoms with E-state index in [0.717, 1.165) is 41.9 Å². The van der Waals surface area contributed by atoms with E-state index in [1.807, 2.05) is 31.3 Å². The van der Waals surface area contributed by atoms with Gasteiger partial charge in [-0.05, 0) is 62.1 Å². The van der Waals surface area contributed by atoms with E-state index >= 15 is 0 Å². The first-order valence-electron chi connectivity index (χ1n) is 10.4. The van der Waals surface area contributed by atoms with E-state index in [4.69, 9.17) is 11.6 Å². The molecule has 1 aromatic carbocycles. The second-order valence-corrected chi connectivity index (χ2v) is 7.98. The molecule has 2 aliphatic rings. The van der Waals surface area contributed by atoms with Crippen LogP contribution in [-0.2, 0) is 6.42 Å². The van der Waals surface area contributed by atoms with Crippen LogP contribution < -0.4 is 26.6 Å². The molecule has 8 nitrogen and oxygen atoms in total. The molecule has 0 fully saturated rings. The fraction of sp³-hybridized carbons (Fsp3) is 0.318. The average molecular weight is 440 g/mol. The third-order valence-electron chi connectivity index (χ3n) is 5.24. The van der Waals surface area contributed by atoms with Crippen LogP contribution in [0.5, 0.6) is 0 Å². The molecule has 2 heterocycles. The van der Waals surface area contributed by atoms with Gasteiger partial charge in [-0.1, -0.05) is 23.8 Å². The highest BCUT2D eigenvalue weighted by Gasteiger charge is 2.17. The highest BCUT2D eigenvalue weighted by Crippen LogP contribution is 2.31. The minimum atomic E-state index is -0.217. The zero-order valence-electron chi connectivity index (χ0n) is 17.3. The van der Waals surface area contributed by atoms with Crippen LogP contribution in [0.1, 0.15) is 18.4 Å². The van der Waals surface area contributed by atoms with Crippen LogP contribution in [-0.4, -0.2) is 36.1 Å². The van der Waals surface area contributed by atoms with Crippen LogP contribution >= 0.6 is 11.6 Å². The maximum Gasteiger partial charge on any atom is 0.319 e. The maximum atomic E-state index is 12.3. The van der Waals surface area contributed by atoms with Crippen molar-refractivity contribution in [2.24, 2.45) is 5.92 Å². The first-order valence-corrected chi connectivity index (χ1v) is 10.7. The van der Waals surface area contributed by atoms with E-state index < -0.39 is 0 Å². The van der Waals surface area contributed by atoms with Gasteiger partial charge in [-0.25, -0.2) is 9.78 Å². The smallest absolute Gasteiger partial charge is 0.319 e. The molecule has 1 aliphatic carbocycles. The molecule has 5 N–H and O–H groups in total. The van der Waals surface area contributed by atoms with Gasteiger partial charge in [0.25, 0.3) is 0 Å². The molecule has 1 atom stereocenters. The number of urea groups is 1. The van der Waals surface area contributed by atoms with Gasteiger partial charge in [-0.3, -0.25) is 0 Å². The number of halogens is 1. The Morgan fingerprint density at radius 3 is 3.06 bits per heavy atom. The van der Waals surface area contributed by atoms with Gasteiger partial charge >= 0.3 is 6.03 Å². The molecule has 1 aliphatic heterocycles. The van der Waals surface area contributed by atoms with E-state index in [1.54, 1.807) is 6.20 Å². The second kappa shape index (κ2) is 9.80. The van der Waals surface area contributed by atoms with Crippen molar-refractivity contribution >= 4 is 40.8 Å². The van der Waals surface area contributed by atoms with Crippen molar-refractivity contribution in [2.45, 2.75) is 19.3 Å². The molecule has 2 aromatic rings. The molecule has 1 aromatic heterocycles. The minimum absolute atomic E-state index is 0.217. The first kappa shape index (κ1) is 21.1. The number of carbonyl (C=O) groups is 1. The normalized spacial score (nSPS) is 17.1. The quantitative estimate of drug-likeness (QED) is 0.461. The van der Waals surface area contributed by atoms with Crippen LogP contribution in [0.4, 0.5) is 27.9 Å². The summed E-state index contributed by atoms with van der Waals surface area (Å²) in [6.07, 6.45) is 10.6. The summed E-state index contributed by atoms with van der Waals surface area (Å²) in [6.45, 7) is 1.27. The zero-order chi connectivity index (χ0) is 21.6. The molecule has 31 heavy (non-hydrogen) atoms. The zero-order valence-corrected chi connectivity index (χ0v) is 18.1. The Hall–Kier alpha value is -3.10. The van der Waals surface area contributed by atoms with Gasteiger partial charge in [0.1, 0.15) is 5.02 Å². The summed E-state index contributed by atoms with van der Waals surface area (Å²) in [5.74, 6) is 1.41. The Morgan fingerprint density at radius 1 is 1.29 bits per heavy atom.